The number of rotatable bonds is 2. The van der Waals surface area contributed by atoms with Crippen molar-refractivity contribution < 1.29 is 4.42 Å². The molecular formula is C8H11NO. The number of likely N-dealkylation sites (tertiary alicyclic amines) is 1. The molecule has 10 heavy (non-hydrogen) atoms. The predicted molar refractivity (Wildman–Crippen MR) is 38.6 cm³/mol. The van der Waals surface area contributed by atoms with Crippen molar-refractivity contribution in [2.75, 3.05) is 13.1 Å². The van der Waals surface area contributed by atoms with Crippen LogP contribution in [-0.4, -0.2) is 18.0 Å². The molecule has 1 aliphatic heterocycles. The molecule has 0 bridgehead atoms. The Bertz CT molecular complexity index is 189. The van der Waals surface area contributed by atoms with E-state index in [9.17, 15) is 0 Å². The first-order valence-corrected chi connectivity index (χ1v) is 3.70. The second-order valence-electron chi connectivity index (χ2n) is 2.71. The van der Waals surface area contributed by atoms with Crippen molar-refractivity contribution in [3.63, 3.8) is 0 Å². The number of hydrogen-bond acceptors (Lipinski definition) is 2. The van der Waals surface area contributed by atoms with E-state index < -0.39 is 0 Å². The van der Waals surface area contributed by atoms with E-state index in [-0.39, 0.29) is 0 Å². The molecule has 2 rings (SSSR count). The standard InChI is InChI=1S/C8H11NO/c1-3-8(10-6-1)7-9-4-2-5-9/h1,3,6H,2,4-5,7H2. The van der Waals surface area contributed by atoms with Crippen LogP contribution in [0.15, 0.2) is 22.8 Å². The summed E-state index contributed by atoms with van der Waals surface area (Å²) >= 11 is 0. The van der Waals surface area contributed by atoms with Crippen LogP contribution in [0.2, 0.25) is 0 Å². The zero-order valence-electron chi connectivity index (χ0n) is 5.92. The highest BCUT2D eigenvalue weighted by Gasteiger charge is 2.14. The van der Waals surface area contributed by atoms with Gasteiger partial charge in [0.15, 0.2) is 0 Å². The highest BCUT2D eigenvalue weighted by atomic mass is 16.3. The van der Waals surface area contributed by atoms with E-state index in [1.165, 1.54) is 19.5 Å². The summed E-state index contributed by atoms with van der Waals surface area (Å²) in [6.07, 6.45) is 3.08. The molecule has 0 aromatic carbocycles. The van der Waals surface area contributed by atoms with Crippen molar-refractivity contribution in [2.24, 2.45) is 0 Å². The minimum atomic E-state index is 0.993. The maximum Gasteiger partial charge on any atom is 0.117 e. The van der Waals surface area contributed by atoms with Crippen molar-refractivity contribution in [1.82, 2.24) is 4.90 Å². The highest BCUT2D eigenvalue weighted by molar-refractivity contribution is 4.98. The average Bonchev–Trinajstić information content (AvgIpc) is 2.29. The second-order valence-corrected chi connectivity index (χ2v) is 2.71. The molecule has 1 aromatic heterocycles. The molecule has 2 nitrogen and oxygen atoms in total. The lowest BCUT2D eigenvalue weighted by atomic mass is 10.2. The Morgan fingerprint density at radius 2 is 2.40 bits per heavy atom. The van der Waals surface area contributed by atoms with Crippen LogP contribution in [-0.2, 0) is 6.54 Å². The molecule has 0 aliphatic carbocycles. The molecule has 2 heteroatoms. The van der Waals surface area contributed by atoms with Gasteiger partial charge < -0.3 is 4.42 Å². The fourth-order valence-electron chi connectivity index (χ4n) is 1.16. The summed E-state index contributed by atoms with van der Waals surface area (Å²) in [4.78, 5) is 2.37. The molecule has 2 heterocycles. The fraction of sp³-hybridized carbons (Fsp3) is 0.500. The van der Waals surface area contributed by atoms with Crippen LogP contribution >= 0.6 is 0 Å². The monoisotopic (exact) mass is 137 g/mol. The lowest BCUT2D eigenvalue weighted by Crippen LogP contribution is -2.36. The molecular weight excluding hydrogens is 126 g/mol. The Balaban J connectivity index is 1.90. The molecule has 1 aliphatic rings. The first-order valence-electron chi connectivity index (χ1n) is 3.70. The van der Waals surface area contributed by atoms with Crippen LogP contribution in [0.4, 0.5) is 0 Å². The van der Waals surface area contributed by atoms with Crippen molar-refractivity contribution in [1.29, 1.82) is 0 Å². The quantitative estimate of drug-likeness (QED) is 0.614. The summed E-state index contributed by atoms with van der Waals surface area (Å²) in [5.74, 6) is 1.08. The largest absolute Gasteiger partial charge is 0.468 e. The van der Waals surface area contributed by atoms with Crippen molar-refractivity contribution in [3.05, 3.63) is 24.2 Å². The maximum absolute atomic E-state index is 5.20. The second kappa shape index (κ2) is 2.46. The molecule has 0 saturated carbocycles. The molecule has 1 fully saturated rings. The fourth-order valence-corrected chi connectivity index (χ4v) is 1.16. The summed E-state index contributed by atoms with van der Waals surface area (Å²) < 4.78 is 5.20. The summed E-state index contributed by atoms with van der Waals surface area (Å²) in [5, 5.41) is 0. The van der Waals surface area contributed by atoms with Crippen LogP contribution in [0.5, 0.6) is 0 Å². The predicted octanol–water partition coefficient (Wildman–Crippen LogP) is 1.49. The first kappa shape index (κ1) is 5.98. The van der Waals surface area contributed by atoms with E-state index in [0.717, 1.165) is 12.3 Å². The van der Waals surface area contributed by atoms with E-state index in [1.807, 2.05) is 12.1 Å². The zero-order chi connectivity index (χ0) is 6.81. The summed E-state index contributed by atoms with van der Waals surface area (Å²) in [6.45, 7) is 3.47. The van der Waals surface area contributed by atoms with Gasteiger partial charge in [0.05, 0.1) is 12.8 Å². The van der Waals surface area contributed by atoms with Gasteiger partial charge in [-0.25, -0.2) is 0 Å². The Morgan fingerprint density at radius 3 is 2.90 bits per heavy atom. The Morgan fingerprint density at radius 1 is 1.50 bits per heavy atom. The van der Waals surface area contributed by atoms with Crippen molar-refractivity contribution >= 4 is 0 Å². The molecule has 0 spiro atoms. The maximum atomic E-state index is 5.20. The van der Waals surface area contributed by atoms with Crippen LogP contribution in [0.1, 0.15) is 12.2 Å². The number of hydrogen-bond donors (Lipinski definition) is 0. The van der Waals surface area contributed by atoms with Gasteiger partial charge in [-0.2, -0.15) is 0 Å². The lowest BCUT2D eigenvalue weighted by Gasteiger charge is -2.29. The van der Waals surface area contributed by atoms with Crippen molar-refractivity contribution in [3.8, 4) is 0 Å². The van der Waals surface area contributed by atoms with Gasteiger partial charge in [0, 0.05) is 0 Å². The molecule has 0 radical (unpaired) electrons. The molecule has 0 atom stereocenters. The number of nitrogens with zero attached hydrogens (tertiary/aromatic N) is 1. The van der Waals surface area contributed by atoms with Gasteiger partial charge in [0.1, 0.15) is 5.76 Å². The third kappa shape index (κ3) is 1.07. The zero-order valence-corrected chi connectivity index (χ0v) is 5.92. The lowest BCUT2D eigenvalue weighted by molar-refractivity contribution is 0.159. The Hall–Kier alpha value is -0.760. The SMILES string of the molecule is c1coc(CN2CCC2)c1. The normalized spacial score (nSPS) is 18.8. The van der Waals surface area contributed by atoms with Crippen molar-refractivity contribution in [2.45, 2.75) is 13.0 Å². The minimum absolute atomic E-state index is 0.993. The van der Waals surface area contributed by atoms with E-state index >= 15 is 0 Å². The van der Waals surface area contributed by atoms with Gasteiger partial charge >= 0.3 is 0 Å². The third-order valence-corrected chi connectivity index (χ3v) is 1.91. The molecule has 1 saturated heterocycles. The molecule has 0 amide bonds. The molecule has 0 unspecified atom stereocenters. The average molecular weight is 137 g/mol. The van der Waals surface area contributed by atoms with E-state index in [2.05, 4.69) is 4.90 Å². The van der Waals surface area contributed by atoms with E-state index in [4.69, 9.17) is 4.42 Å². The number of furan rings is 1. The van der Waals surface area contributed by atoms with Crippen LogP contribution in [0.3, 0.4) is 0 Å². The topological polar surface area (TPSA) is 16.4 Å². The highest BCUT2D eigenvalue weighted by Crippen LogP contribution is 2.11. The third-order valence-electron chi connectivity index (χ3n) is 1.91. The summed E-state index contributed by atoms with van der Waals surface area (Å²) in [7, 11) is 0. The smallest absolute Gasteiger partial charge is 0.117 e. The molecule has 1 aromatic rings. The van der Waals surface area contributed by atoms with Gasteiger partial charge in [0.2, 0.25) is 0 Å². The van der Waals surface area contributed by atoms with Gasteiger partial charge in [-0.05, 0) is 31.6 Å². The van der Waals surface area contributed by atoms with Crippen LogP contribution < -0.4 is 0 Å². The van der Waals surface area contributed by atoms with E-state index in [1.54, 1.807) is 6.26 Å². The minimum Gasteiger partial charge on any atom is -0.468 e. The summed E-state index contributed by atoms with van der Waals surface area (Å²) in [6, 6.07) is 3.97. The van der Waals surface area contributed by atoms with Gasteiger partial charge in [-0.3, -0.25) is 4.90 Å². The van der Waals surface area contributed by atoms with E-state index in [0.29, 0.717) is 0 Å². The van der Waals surface area contributed by atoms with Crippen LogP contribution in [0, 0.1) is 0 Å². The summed E-state index contributed by atoms with van der Waals surface area (Å²) in [5.41, 5.74) is 0. The van der Waals surface area contributed by atoms with Gasteiger partial charge in [0.25, 0.3) is 0 Å². The van der Waals surface area contributed by atoms with Gasteiger partial charge in [-0.15, -0.1) is 0 Å². The van der Waals surface area contributed by atoms with Gasteiger partial charge in [-0.1, -0.05) is 0 Å². The first-order chi connectivity index (χ1) is 4.95. The molecule has 54 valence electrons. The van der Waals surface area contributed by atoms with Crippen LogP contribution in [0.25, 0.3) is 0 Å². The molecule has 0 N–H and O–H groups in total. The Labute approximate surface area is 60.4 Å². The Kier molecular flexibility index (Phi) is 1.47.